The van der Waals surface area contributed by atoms with Crippen LogP contribution < -0.4 is 14.4 Å². The van der Waals surface area contributed by atoms with Crippen LogP contribution >= 0.6 is 0 Å². The van der Waals surface area contributed by atoms with Crippen LogP contribution in [0.4, 0.5) is 5.69 Å². The highest BCUT2D eigenvalue weighted by Gasteiger charge is 2.61. The van der Waals surface area contributed by atoms with Crippen molar-refractivity contribution in [1.29, 1.82) is 0 Å². The molecule has 1 aliphatic heterocycles. The largest absolute Gasteiger partial charge is 0.497 e. The SMILES string of the molecule is COc1ccc(Oc2ccc(N3C(=O)[C@H]4[C@@H]5CC[C@@H](C5)[C@@H]4C3=O)cc2)cc1. The zero-order valence-corrected chi connectivity index (χ0v) is 15.1. The van der Waals surface area contributed by atoms with Crippen molar-refractivity contribution in [2.24, 2.45) is 23.7 Å². The molecule has 2 amide bonds. The smallest absolute Gasteiger partial charge is 0.237 e. The Morgan fingerprint density at radius 3 is 1.78 bits per heavy atom. The normalized spacial score (nSPS) is 28.6. The van der Waals surface area contributed by atoms with Crippen LogP contribution in [0.2, 0.25) is 0 Å². The maximum absolute atomic E-state index is 12.9. The summed E-state index contributed by atoms with van der Waals surface area (Å²) < 4.78 is 11.0. The van der Waals surface area contributed by atoms with E-state index in [9.17, 15) is 9.59 Å². The van der Waals surface area contributed by atoms with Crippen molar-refractivity contribution >= 4 is 17.5 Å². The van der Waals surface area contributed by atoms with E-state index in [2.05, 4.69) is 0 Å². The lowest BCUT2D eigenvalue weighted by molar-refractivity contribution is -0.123. The van der Waals surface area contributed by atoms with E-state index >= 15 is 0 Å². The Kier molecular flexibility index (Phi) is 3.71. The third-order valence-electron chi connectivity index (χ3n) is 6.32. The number of rotatable bonds is 4. The summed E-state index contributed by atoms with van der Waals surface area (Å²) in [4.78, 5) is 27.2. The van der Waals surface area contributed by atoms with Gasteiger partial charge in [0.25, 0.3) is 0 Å². The number of fused-ring (bicyclic) bond motifs is 5. The van der Waals surface area contributed by atoms with Crippen LogP contribution in [0, 0.1) is 23.7 Å². The number of carbonyl (C=O) groups excluding carboxylic acids is 2. The average Bonchev–Trinajstić information content (AvgIpc) is 3.37. The fourth-order valence-corrected chi connectivity index (χ4v) is 5.11. The Hall–Kier alpha value is -2.82. The summed E-state index contributed by atoms with van der Waals surface area (Å²) >= 11 is 0. The van der Waals surface area contributed by atoms with E-state index in [0.717, 1.165) is 25.0 Å². The summed E-state index contributed by atoms with van der Waals surface area (Å²) in [5.41, 5.74) is 0.640. The van der Waals surface area contributed by atoms with Gasteiger partial charge in [0.2, 0.25) is 11.8 Å². The molecule has 1 heterocycles. The number of benzene rings is 2. The molecule has 0 radical (unpaired) electrons. The van der Waals surface area contributed by atoms with Crippen LogP contribution in [-0.4, -0.2) is 18.9 Å². The van der Waals surface area contributed by atoms with Crippen LogP contribution in [0.25, 0.3) is 0 Å². The Morgan fingerprint density at radius 2 is 1.26 bits per heavy atom. The van der Waals surface area contributed by atoms with E-state index in [4.69, 9.17) is 9.47 Å². The van der Waals surface area contributed by atoms with Gasteiger partial charge in [-0.15, -0.1) is 0 Å². The number of nitrogens with zero attached hydrogens (tertiary/aromatic N) is 1. The van der Waals surface area contributed by atoms with Gasteiger partial charge in [-0.1, -0.05) is 0 Å². The van der Waals surface area contributed by atoms with Crippen molar-refractivity contribution in [3.05, 3.63) is 48.5 Å². The molecule has 0 N–H and O–H groups in total. The Morgan fingerprint density at radius 1 is 0.778 bits per heavy atom. The predicted octanol–water partition coefficient (Wildman–Crippen LogP) is 4.02. The van der Waals surface area contributed by atoms with Gasteiger partial charge in [0.1, 0.15) is 17.2 Å². The summed E-state index contributed by atoms with van der Waals surface area (Å²) in [6.07, 6.45) is 3.23. The van der Waals surface area contributed by atoms with E-state index in [1.54, 1.807) is 31.4 Å². The summed E-state index contributed by atoms with van der Waals surface area (Å²) in [5, 5.41) is 0. The van der Waals surface area contributed by atoms with E-state index < -0.39 is 0 Å². The molecule has 5 rings (SSSR count). The molecule has 0 unspecified atom stereocenters. The second-order valence-electron chi connectivity index (χ2n) is 7.67. The minimum atomic E-state index is -0.0912. The molecule has 2 aromatic rings. The van der Waals surface area contributed by atoms with E-state index in [1.165, 1.54) is 4.90 Å². The lowest BCUT2D eigenvalue weighted by Gasteiger charge is -2.19. The Labute approximate surface area is 157 Å². The second-order valence-corrected chi connectivity index (χ2v) is 7.67. The van der Waals surface area contributed by atoms with E-state index in [1.807, 2.05) is 24.3 Å². The first-order valence-corrected chi connectivity index (χ1v) is 9.45. The van der Waals surface area contributed by atoms with Crippen LogP contribution in [0.1, 0.15) is 19.3 Å². The third kappa shape index (κ3) is 2.52. The topological polar surface area (TPSA) is 55.8 Å². The van der Waals surface area contributed by atoms with Gasteiger partial charge >= 0.3 is 0 Å². The lowest BCUT2D eigenvalue weighted by atomic mass is 9.81. The number of amides is 2. The van der Waals surface area contributed by atoms with Gasteiger partial charge in [0.15, 0.2) is 0 Å². The zero-order chi connectivity index (χ0) is 18.5. The highest BCUT2D eigenvalue weighted by atomic mass is 16.5. The highest BCUT2D eigenvalue weighted by Crippen LogP contribution is 2.56. The first-order valence-electron chi connectivity index (χ1n) is 9.45. The second kappa shape index (κ2) is 6.12. The first kappa shape index (κ1) is 16.4. The molecule has 5 heteroatoms. The van der Waals surface area contributed by atoms with Crippen molar-refractivity contribution in [3.8, 4) is 17.2 Å². The van der Waals surface area contributed by atoms with Crippen LogP contribution in [0.3, 0.4) is 0 Å². The molecule has 1 saturated heterocycles. The monoisotopic (exact) mass is 363 g/mol. The van der Waals surface area contributed by atoms with Gasteiger partial charge < -0.3 is 9.47 Å². The molecule has 2 bridgehead atoms. The zero-order valence-electron chi connectivity index (χ0n) is 15.1. The molecule has 27 heavy (non-hydrogen) atoms. The molecular weight excluding hydrogens is 342 g/mol. The van der Waals surface area contributed by atoms with Crippen molar-refractivity contribution in [1.82, 2.24) is 0 Å². The molecule has 3 fully saturated rings. The van der Waals surface area contributed by atoms with Gasteiger partial charge in [-0.2, -0.15) is 0 Å². The molecule has 4 atom stereocenters. The Bertz CT molecular complexity index is 862. The number of hydrogen-bond donors (Lipinski definition) is 0. The summed E-state index contributed by atoms with van der Waals surface area (Å²) in [7, 11) is 1.62. The lowest BCUT2D eigenvalue weighted by Crippen LogP contribution is -2.32. The average molecular weight is 363 g/mol. The third-order valence-corrected chi connectivity index (χ3v) is 6.32. The van der Waals surface area contributed by atoms with Gasteiger partial charge in [-0.25, -0.2) is 0 Å². The van der Waals surface area contributed by atoms with Crippen molar-refractivity contribution in [2.45, 2.75) is 19.3 Å². The standard InChI is InChI=1S/C22H21NO4/c1-26-16-8-10-18(11-9-16)27-17-6-4-15(5-7-17)23-21(24)19-13-2-3-14(12-13)20(19)22(23)25/h4-11,13-14,19-20H,2-3,12H2,1H3/t13-,14+,19-,20-/m0/s1. The number of hydrogen-bond acceptors (Lipinski definition) is 4. The van der Waals surface area contributed by atoms with E-state index in [-0.39, 0.29) is 23.7 Å². The number of ether oxygens (including phenoxy) is 2. The molecule has 2 aromatic carbocycles. The van der Waals surface area contributed by atoms with Crippen molar-refractivity contribution in [3.63, 3.8) is 0 Å². The molecule has 2 saturated carbocycles. The molecule has 0 aromatic heterocycles. The van der Waals surface area contributed by atoms with Crippen LogP contribution in [0.5, 0.6) is 17.2 Å². The first-order chi connectivity index (χ1) is 13.2. The molecular formula is C22H21NO4. The van der Waals surface area contributed by atoms with Crippen molar-refractivity contribution in [2.75, 3.05) is 12.0 Å². The minimum absolute atomic E-state index is 0.0129. The van der Waals surface area contributed by atoms with E-state index in [0.29, 0.717) is 29.0 Å². The highest BCUT2D eigenvalue weighted by molar-refractivity contribution is 6.22. The summed E-state index contributed by atoms with van der Waals surface area (Å²) in [6.45, 7) is 0. The number of methoxy groups -OCH3 is 1. The maximum atomic E-state index is 12.9. The van der Waals surface area contributed by atoms with Gasteiger partial charge in [0, 0.05) is 0 Å². The molecule has 0 spiro atoms. The van der Waals surface area contributed by atoms with Crippen LogP contribution in [-0.2, 0) is 9.59 Å². The number of anilines is 1. The predicted molar refractivity (Wildman–Crippen MR) is 99.8 cm³/mol. The van der Waals surface area contributed by atoms with Crippen LogP contribution in [0.15, 0.2) is 48.5 Å². The summed E-state index contributed by atoms with van der Waals surface area (Å²) in [6, 6.07) is 14.5. The minimum Gasteiger partial charge on any atom is -0.497 e. The van der Waals surface area contributed by atoms with Gasteiger partial charge in [0.05, 0.1) is 24.6 Å². The quantitative estimate of drug-likeness (QED) is 0.770. The Balaban J connectivity index is 1.34. The molecule has 5 nitrogen and oxygen atoms in total. The molecule has 3 aliphatic rings. The number of carbonyl (C=O) groups is 2. The summed E-state index contributed by atoms with van der Waals surface area (Å²) in [5.74, 6) is 2.72. The number of imide groups is 1. The van der Waals surface area contributed by atoms with Crippen molar-refractivity contribution < 1.29 is 19.1 Å². The molecule has 138 valence electrons. The van der Waals surface area contributed by atoms with Gasteiger partial charge in [-0.05, 0) is 79.6 Å². The molecule has 2 aliphatic carbocycles. The maximum Gasteiger partial charge on any atom is 0.237 e. The fourth-order valence-electron chi connectivity index (χ4n) is 5.11. The fraction of sp³-hybridized carbons (Fsp3) is 0.364. The van der Waals surface area contributed by atoms with Gasteiger partial charge in [-0.3, -0.25) is 14.5 Å².